The van der Waals surface area contributed by atoms with Gasteiger partial charge in [0.05, 0.1) is 10.5 Å². The lowest BCUT2D eigenvalue weighted by atomic mass is 10.1. The summed E-state index contributed by atoms with van der Waals surface area (Å²) in [6.07, 6.45) is -0.182. The first-order valence-electron chi connectivity index (χ1n) is 10.5. The van der Waals surface area contributed by atoms with Crippen LogP contribution in [0.25, 0.3) is 0 Å². The van der Waals surface area contributed by atoms with Crippen LogP contribution in [0.5, 0.6) is 0 Å². The number of aryl methyl sites for hydroxylation is 1. The fourth-order valence-electron chi connectivity index (χ4n) is 3.00. The number of anilines is 1. The van der Waals surface area contributed by atoms with E-state index < -0.39 is 28.0 Å². The van der Waals surface area contributed by atoms with Gasteiger partial charge in [-0.25, -0.2) is 17.9 Å². The van der Waals surface area contributed by atoms with E-state index in [-0.39, 0.29) is 17.0 Å². The molecule has 7 nitrogen and oxygen atoms in total. The molecule has 3 rings (SSSR count). The number of amides is 1. The number of carbonyl (C=O) groups is 2. The van der Waals surface area contributed by atoms with Crippen LogP contribution in [0.4, 0.5) is 5.69 Å². The van der Waals surface area contributed by atoms with Gasteiger partial charge in [-0.05, 0) is 54.8 Å². The molecular formula is C25H26N2O5S. The van der Waals surface area contributed by atoms with Crippen LogP contribution in [0.2, 0.25) is 0 Å². The van der Waals surface area contributed by atoms with Gasteiger partial charge in [0.25, 0.3) is 5.91 Å². The number of ether oxygens (including phenoxy) is 1. The molecule has 172 valence electrons. The molecule has 0 spiro atoms. The van der Waals surface area contributed by atoms with Crippen molar-refractivity contribution < 1.29 is 22.7 Å². The van der Waals surface area contributed by atoms with E-state index in [1.165, 1.54) is 31.2 Å². The monoisotopic (exact) mass is 466 g/mol. The molecule has 0 fully saturated rings. The average Bonchev–Trinajstić information content (AvgIpc) is 2.84. The standard InChI is InChI=1S/C25H26N2O5S/c1-3-19-12-14-22(15-13-19)27-24(28)18(2)32-25(29)21-10-7-11-23(16-21)33(30,31)26-17-20-8-5-4-6-9-20/h4-16,18,26H,3,17H2,1-2H3,(H,27,28)/t18-/m0/s1. The van der Waals surface area contributed by atoms with Crippen LogP contribution in [0.1, 0.15) is 35.3 Å². The van der Waals surface area contributed by atoms with E-state index >= 15 is 0 Å². The fourth-order valence-corrected chi connectivity index (χ4v) is 4.06. The van der Waals surface area contributed by atoms with E-state index in [4.69, 9.17) is 4.74 Å². The van der Waals surface area contributed by atoms with Gasteiger partial charge in [0.15, 0.2) is 6.10 Å². The molecule has 0 bridgehead atoms. The lowest BCUT2D eigenvalue weighted by molar-refractivity contribution is -0.123. The Hall–Kier alpha value is -3.49. The molecule has 0 aliphatic rings. The third-order valence-electron chi connectivity index (χ3n) is 4.97. The van der Waals surface area contributed by atoms with Crippen molar-refractivity contribution in [2.45, 2.75) is 37.8 Å². The Bertz CT molecular complexity index is 1210. The molecule has 0 aromatic heterocycles. The van der Waals surface area contributed by atoms with Crippen LogP contribution in [-0.4, -0.2) is 26.4 Å². The smallest absolute Gasteiger partial charge is 0.338 e. The molecule has 8 heteroatoms. The van der Waals surface area contributed by atoms with Crippen LogP contribution in [0.3, 0.4) is 0 Å². The number of nitrogens with one attached hydrogen (secondary N) is 2. The highest BCUT2D eigenvalue weighted by molar-refractivity contribution is 7.89. The third-order valence-corrected chi connectivity index (χ3v) is 6.37. The molecule has 0 saturated carbocycles. The maximum absolute atomic E-state index is 12.6. The van der Waals surface area contributed by atoms with Crippen molar-refractivity contribution in [2.24, 2.45) is 0 Å². The van der Waals surface area contributed by atoms with E-state index in [2.05, 4.69) is 10.0 Å². The van der Waals surface area contributed by atoms with Gasteiger partial charge in [0, 0.05) is 12.2 Å². The number of hydrogen-bond donors (Lipinski definition) is 2. The summed E-state index contributed by atoms with van der Waals surface area (Å²) in [5, 5.41) is 2.70. The van der Waals surface area contributed by atoms with E-state index in [1.807, 2.05) is 37.3 Å². The predicted octanol–water partition coefficient (Wildman–Crippen LogP) is 3.91. The largest absolute Gasteiger partial charge is 0.449 e. The minimum atomic E-state index is -3.84. The lowest BCUT2D eigenvalue weighted by Gasteiger charge is -2.14. The highest BCUT2D eigenvalue weighted by atomic mass is 32.2. The predicted molar refractivity (Wildman–Crippen MR) is 126 cm³/mol. The van der Waals surface area contributed by atoms with Crippen molar-refractivity contribution in [1.82, 2.24) is 4.72 Å². The molecule has 0 aliphatic carbocycles. The molecule has 1 atom stereocenters. The van der Waals surface area contributed by atoms with Gasteiger partial charge >= 0.3 is 5.97 Å². The summed E-state index contributed by atoms with van der Waals surface area (Å²) >= 11 is 0. The Labute approximate surface area is 193 Å². The zero-order valence-corrected chi connectivity index (χ0v) is 19.3. The first kappa shape index (κ1) is 24.2. The number of rotatable bonds is 9. The second-order valence-electron chi connectivity index (χ2n) is 7.43. The first-order valence-corrected chi connectivity index (χ1v) is 12.0. The van der Waals surface area contributed by atoms with Gasteiger partial charge in [0.2, 0.25) is 10.0 Å². The Kier molecular flexibility index (Phi) is 7.97. The van der Waals surface area contributed by atoms with E-state index in [0.29, 0.717) is 5.69 Å². The molecule has 33 heavy (non-hydrogen) atoms. The summed E-state index contributed by atoms with van der Waals surface area (Å²) in [5.74, 6) is -1.28. The highest BCUT2D eigenvalue weighted by Gasteiger charge is 2.21. The zero-order chi connectivity index (χ0) is 23.8. The second-order valence-corrected chi connectivity index (χ2v) is 9.19. The SMILES string of the molecule is CCc1ccc(NC(=O)[C@H](C)OC(=O)c2cccc(S(=O)(=O)NCc3ccccc3)c2)cc1. The van der Waals surface area contributed by atoms with Crippen molar-refractivity contribution in [2.75, 3.05) is 5.32 Å². The maximum Gasteiger partial charge on any atom is 0.338 e. The van der Waals surface area contributed by atoms with Crippen LogP contribution in [-0.2, 0) is 32.5 Å². The molecule has 0 radical (unpaired) electrons. The molecule has 0 heterocycles. The number of esters is 1. The number of sulfonamides is 1. The molecule has 2 N–H and O–H groups in total. The fraction of sp³-hybridized carbons (Fsp3) is 0.200. The summed E-state index contributed by atoms with van der Waals surface area (Å²) in [5.41, 5.74) is 2.57. The van der Waals surface area contributed by atoms with Gasteiger partial charge in [-0.15, -0.1) is 0 Å². The van der Waals surface area contributed by atoms with Crippen molar-refractivity contribution in [1.29, 1.82) is 0 Å². The van der Waals surface area contributed by atoms with Crippen LogP contribution in [0, 0.1) is 0 Å². The van der Waals surface area contributed by atoms with Gasteiger partial charge in [-0.2, -0.15) is 0 Å². The number of carbonyl (C=O) groups excluding carboxylic acids is 2. The lowest BCUT2D eigenvalue weighted by Crippen LogP contribution is -2.30. The van der Waals surface area contributed by atoms with E-state index in [1.54, 1.807) is 24.3 Å². The molecule has 0 saturated heterocycles. The normalized spacial score (nSPS) is 12.1. The van der Waals surface area contributed by atoms with Gasteiger partial charge in [-0.1, -0.05) is 55.5 Å². The highest BCUT2D eigenvalue weighted by Crippen LogP contribution is 2.15. The second kappa shape index (κ2) is 10.9. The molecule has 1 amide bonds. The van der Waals surface area contributed by atoms with Crippen LogP contribution in [0.15, 0.2) is 83.8 Å². The quantitative estimate of drug-likeness (QED) is 0.466. The van der Waals surface area contributed by atoms with Crippen molar-refractivity contribution in [3.05, 3.63) is 95.6 Å². The topological polar surface area (TPSA) is 102 Å². The molecule has 0 aliphatic heterocycles. The minimum Gasteiger partial charge on any atom is -0.449 e. The van der Waals surface area contributed by atoms with Crippen molar-refractivity contribution >= 4 is 27.6 Å². The first-order chi connectivity index (χ1) is 15.8. The van der Waals surface area contributed by atoms with Crippen LogP contribution >= 0.6 is 0 Å². The molecule has 3 aromatic carbocycles. The van der Waals surface area contributed by atoms with Crippen molar-refractivity contribution in [3.8, 4) is 0 Å². The van der Waals surface area contributed by atoms with Gasteiger partial charge in [-0.3, -0.25) is 4.79 Å². The Balaban J connectivity index is 1.62. The summed E-state index contributed by atoms with van der Waals surface area (Å²) in [7, 11) is -3.84. The van der Waals surface area contributed by atoms with Crippen molar-refractivity contribution in [3.63, 3.8) is 0 Å². The third kappa shape index (κ3) is 6.74. The Morgan fingerprint density at radius 1 is 0.909 bits per heavy atom. The summed E-state index contributed by atoms with van der Waals surface area (Å²) in [6, 6.07) is 22.0. The zero-order valence-electron chi connectivity index (χ0n) is 18.4. The van der Waals surface area contributed by atoms with Crippen LogP contribution < -0.4 is 10.0 Å². The molecular weight excluding hydrogens is 440 g/mol. The number of benzene rings is 3. The Morgan fingerprint density at radius 3 is 2.27 bits per heavy atom. The average molecular weight is 467 g/mol. The van der Waals surface area contributed by atoms with E-state index in [9.17, 15) is 18.0 Å². The minimum absolute atomic E-state index is 0.0320. The molecule has 0 unspecified atom stereocenters. The van der Waals surface area contributed by atoms with Gasteiger partial charge < -0.3 is 10.1 Å². The summed E-state index contributed by atoms with van der Waals surface area (Å²) < 4.78 is 33.0. The Morgan fingerprint density at radius 2 is 1.61 bits per heavy atom. The number of hydrogen-bond acceptors (Lipinski definition) is 5. The van der Waals surface area contributed by atoms with Gasteiger partial charge in [0.1, 0.15) is 0 Å². The van der Waals surface area contributed by atoms with E-state index in [0.717, 1.165) is 17.5 Å². The maximum atomic E-state index is 12.6. The summed E-state index contributed by atoms with van der Waals surface area (Å²) in [4.78, 5) is 24.9. The summed E-state index contributed by atoms with van der Waals surface area (Å²) in [6.45, 7) is 3.61. The molecule has 3 aromatic rings.